The fourth-order valence-corrected chi connectivity index (χ4v) is 3.67. The molecule has 1 aromatic carbocycles. The van der Waals surface area contributed by atoms with Gasteiger partial charge in [-0.15, -0.1) is 24.8 Å². The van der Waals surface area contributed by atoms with E-state index in [9.17, 15) is 9.59 Å². The van der Waals surface area contributed by atoms with Gasteiger partial charge in [0.25, 0.3) is 5.91 Å². The smallest absolute Gasteiger partial charge is 0.349 e. The molecule has 0 bridgehead atoms. The normalized spacial score (nSPS) is 13.9. The number of rotatable bonds is 3. The highest BCUT2D eigenvalue weighted by molar-refractivity contribution is 6.09. The Kier molecular flexibility index (Phi) is 7.95. The summed E-state index contributed by atoms with van der Waals surface area (Å²) in [6.07, 6.45) is 1.84. The molecule has 2 N–H and O–H groups in total. The maximum Gasteiger partial charge on any atom is 0.349 e. The number of aryl methyl sites for hydroxylation is 2. The van der Waals surface area contributed by atoms with Crippen LogP contribution in [0.4, 0.5) is 5.69 Å². The molecule has 0 saturated carbocycles. The molecule has 160 valence electrons. The number of anilines is 1. The van der Waals surface area contributed by atoms with Crippen LogP contribution in [0.1, 0.15) is 46.1 Å². The number of amides is 1. The van der Waals surface area contributed by atoms with Crippen molar-refractivity contribution >= 4 is 47.3 Å². The molecule has 1 aliphatic rings. The van der Waals surface area contributed by atoms with Crippen molar-refractivity contribution < 1.29 is 9.21 Å². The topological polar surface area (TPSA) is 97.1 Å². The number of hydrogen-bond donors (Lipinski definition) is 2. The van der Waals surface area contributed by atoms with E-state index < -0.39 is 11.5 Å². The number of halogens is 2. The van der Waals surface area contributed by atoms with Gasteiger partial charge in [0, 0.05) is 11.3 Å². The van der Waals surface area contributed by atoms with Gasteiger partial charge in [-0.05, 0) is 69.6 Å². The van der Waals surface area contributed by atoms with Gasteiger partial charge in [0.1, 0.15) is 11.3 Å². The minimum absolute atomic E-state index is 0. The first-order valence-corrected chi connectivity index (χ1v) is 9.42. The Morgan fingerprint density at radius 1 is 1.13 bits per heavy atom. The standard InChI is InChI=1S/C21H22N4O3.2ClH/c1-12-10-18(14-6-8-22-9-7-14)28-21(27)19(12)20(26)23-16-4-3-5-17-15(16)11-13(2)24-25-17;;/h3-5,10-11,14,22H,6-9H2,1-2H3,(H,23,26);2*1H. The fourth-order valence-electron chi connectivity index (χ4n) is 3.67. The number of hydrogen-bond acceptors (Lipinski definition) is 6. The van der Waals surface area contributed by atoms with E-state index in [1.807, 2.05) is 25.1 Å². The van der Waals surface area contributed by atoms with Crippen molar-refractivity contribution in [1.82, 2.24) is 15.5 Å². The van der Waals surface area contributed by atoms with Crippen molar-refractivity contribution in [3.05, 3.63) is 63.3 Å². The lowest BCUT2D eigenvalue weighted by atomic mass is 9.94. The SMILES string of the molecule is Cc1cc2c(NC(=O)c3c(C)cc(C4CCNCC4)oc3=O)cccc2nn1.Cl.Cl. The molecule has 0 spiro atoms. The van der Waals surface area contributed by atoms with E-state index in [1.165, 1.54) is 0 Å². The second-order valence-corrected chi connectivity index (χ2v) is 7.20. The molecule has 30 heavy (non-hydrogen) atoms. The third-order valence-electron chi connectivity index (χ3n) is 5.14. The summed E-state index contributed by atoms with van der Waals surface area (Å²) in [5.74, 6) is 0.395. The highest BCUT2D eigenvalue weighted by Gasteiger charge is 2.23. The highest BCUT2D eigenvalue weighted by atomic mass is 35.5. The van der Waals surface area contributed by atoms with E-state index in [4.69, 9.17) is 4.42 Å². The summed E-state index contributed by atoms with van der Waals surface area (Å²) in [6.45, 7) is 5.41. The third-order valence-corrected chi connectivity index (χ3v) is 5.14. The first-order valence-electron chi connectivity index (χ1n) is 9.42. The van der Waals surface area contributed by atoms with E-state index in [1.54, 1.807) is 19.1 Å². The minimum Gasteiger partial charge on any atom is -0.427 e. The molecule has 3 aromatic rings. The molecule has 0 atom stereocenters. The number of aromatic nitrogens is 2. The lowest BCUT2D eigenvalue weighted by Crippen LogP contribution is -2.28. The van der Waals surface area contributed by atoms with Gasteiger partial charge in [-0.1, -0.05) is 6.07 Å². The van der Waals surface area contributed by atoms with Crippen LogP contribution in [0.3, 0.4) is 0 Å². The van der Waals surface area contributed by atoms with Crippen LogP contribution in [0.25, 0.3) is 10.9 Å². The second-order valence-electron chi connectivity index (χ2n) is 7.20. The van der Waals surface area contributed by atoms with Gasteiger partial charge in [-0.3, -0.25) is 4.79 Å². The molecule has 4 rings (SSSR count). The predicted molar refractivity (Wildman–Crippen MR) is 121 cm³/mol. The molecular formula is C21H24Cl2N4O3. The average molecular weight is 451 g/mol. The summed E-state index contributed by atoms with van der Waals surface area (Å²) in [5, 5.41) is 15.1. The first kappa shape index (κ1) is 23.8. The molecule has 9 heteroatoms. The van der Waals surface area contributed by atoms with E-state index in [2.05, 4.69) is 20.8 Å². The summed E-state index contributed by atoms with van der Waals surface area (Å²) in [4.78, 5) is 25.4. The molecule has 0 aliphatic carbocycles. The Labute approximate surface area is 186 Å². The maximum absolute atomic E-state index is 12.9. The van der Waals surface area contributed by atoms with Gasteiger partial charge >= 0.3 is 5.63 Å². The van der Waals surface area contributed by atoms with Gasteiger partial charge in [-0.25, -0.2) is 4.79 Å². The Balaban J connectivity index is 0.00000160. The van der Waals surface area contributed by atoms with Crippen LogP contribution in [-0.2, 0) is 0 Å². The van der Waals surface area contributed by atoms with Gasteiger partial charge in [0.05, 0.1) is 16.9 Å². The summed E-state index contributed by atoms with van der Waals surface area (Å²) in [6, 6.07) is 9.07. The van der Waals surface area contributed by atoms with E-state index in [0.717, 1.165) is 37.0 Å². The third kappa shape index (κ3) is 4.80. The zero-order valence-electron chi connectivity index (χ0n) is 16.7. The second kappa shape index (κ2) is 10.0. The predicted octanol–water partition coefficient (Wildman–Crippen LogP) is 3.76. The zero-order chi connectivity index (χ0) is 19.7. The average Bonchev–Trinajstić information content (AvgIpc) is 2.68. The molecule has 7 nitrogen and oxygen atoms in total. The molecule has 1 fully saturated rings. The van der Waals surface area contributed by atoms with Gasteiger partial charge < -0.3 is 15.1 Å². The Hall–Kier alpha value is -2.48. The van der Waals surface area contributed by atoms with Crippen molar-refractivity contribution in [3.8, 4) is 0 Å². The number of fused-ring (bicyclic) bond motifs is 1. The van der Waals surface area contributed by atoms with Crippen LogP contribution >= 0.6 is 24.8 Å². The van der Waals surface area contributed by atoms with Crippen LogP contribution in [0, 0.1) is 13.8 Å². The molecule has 1 amide bonds. The molecule has 1 saturated heterocycles. The molecule has 0 radical (unpaired) electrons. The van der Waals surface area contributed by atoms with Crippen LogP contribution < -0.4 is 16.3 Å². The molecular weight excluding hydrogens is 427 g/mol. The van der Waals surface area contributed by atoms with Gasteiger partial charge in [0.15, 0.2) is 0 Å². The quantitative estimate of drug-likeness (QED) is 0.630. The summed E-state index contributed by atoms with van der Waals surface area (Å²) in [7, 11) is 0. The molecule has 3 heterocycles. The van der Waals surface area contributed by atoms with E-state index >= 15 is 0 Å². The minimum atomic E-state index is -0.595. The van der Waals surface area contributed by atoms with Crippen LogP contribution in [0.15, 0.2) is 39.5 Å². The van der Waals surface area contributed by atoms with Crippen LogP contribution in [0.5, 0.6) is 0 Å². The van der Waals surface area contributed by atoms with Crippen molar-refractivity contribution in [2.75, 3.05) is 18.4 Å². The number of piperidine rings is 1. The number of benzene rings is 1. The Morgan fingerprint density at radius 2 is 1.87 bits per heavy atom. The summed E-state index contributed by atoms with van der Waals surface area (Å²) >= 11 is 0. The maximum atomic E-state index is 12.9. The molecule has 2 aromatic heterocycles. The molecule has 1 aliphatic heterocycles. The number of nitrogens with one attached hydrogen (secondary N) is 2. The van der Waals surface area contributed by atoms with Crippen molar-refractivity contribution in [1.29, 1.82) is 0 Å². The largest absolute Gasteiger partial charge is 0.427 e. The van der Waals surface area contributed by atoms with Crippen molar-refractivity contribution in [2.45, 2.75) is 32.6 Å². The van der Waals surface area contributed by atoms with Gasteiger partial charge in [-0.2, -0.15) is 10.2 Å². The number of carbonyl (C=O) groups excluding carboxylic acids is 1. The lowest BCUT2D eigenvalue weighted by Gasteiger charge is -2.22. The summed E-state index contributed by atoms with van der Waals surface area (Å²) in [5.41, 5.74) is 2.07. The number of nitrogens with zero attached hydrogens (tertiary/aromatic N) is 2. The van der Waals surface area contributed by atoms with Crippen molar-refractivity contribution in [2.24, 2.45) is 0 Å². The fraction of sp³-hybridized carbons (Fsp3) is 0.333. The molecule has 0 unspecified atom stereocenters. The zero-order valence-corrected chi connectivity index (χ0v) is 18.4. The Bertz CT molecular complexity index is 1110. The Morgan fingerprint density at radius 3 is 2.57 bits per heavy atom. The van der Waals surface area contributed by atoms with E-state index in [0.29, 0.717) is 22.5 Å². The van der Waals surface area contributed by atoms with Gasteiger partial charge in [0.2, 0.25) is 0 Å². The first-order chi connectivity index (χ1) is 13.5. The van der Waals surface area contributed by atoms with Crippen molar-refractivity contribution in [3.63, 3.8) is 0 Å². The van der Waals surface area contributed by atoms with E-state index in [-0.39, 0.29) is 36.3 Å². The lowest BCUT2D eigenvalue weighted by molar-refractivity contribution is 0.102. The number of carbonyl (C=O) groups is 1. The van der Waals surface area contributed by atoms with Crippen LogP contribution in [0.2, 0.25) is 0 Å². The summed E-state index contributed by atoms with van der Waals surface area (Å²) < 4.78 is 5.53. The monoisotopic (exact) mass is 450 g/mol. The van der Waals surface area contributed by atoms with Crippen LogP contribution in [-0.4, -0.2) is 29.2 Å². The highest BCUT2D eigenvalue weighted by Crippen LogP contribution is 2.26.